The first-order valence-corrected chi connectivity index (χ1v) is 9.56. The van der Waals surface area contributed by atoms with Crippen LogP contribution in [0.15, 0.2) is 58.8 Å². The van der Waals surface area contributed by atoms with E-state index in [1.54, 1.807) is 35.2 Å². The Labute approximate surface area is 154 Å². The van der Waals surface area contributed by atoms with Crippen molar-refractivity contribution in [3.63, 3.8) is 0 Å². The van der Waals surface area contributed by atoms with Crippen LogP contribution in [-0.4, -0.2) is 10.9 Å². The summed E-state index contributed by atoms with van der Waals surface area (Å²) in [6, 6.07) is 14.8. The van der Waals surface area contributed by atoms with E-state index in [0.29, 0.717) is 16.3 Å². The largest absolute Gasteiger partial charge is 0.321 e. The van der Waals surface area contributed by atoms with E-state index in [9.17, 15) is 4.79 Å². The fraction of sp³-hybridized carbons (Fsp3) is 0.111. The van der Waals surface area contributed by atoms with Crippen molar-refractivity contribution in [2.24, 2.45) is 0 Å². The van der Waals surface area contributed by atoms with Crippen LogP contribution in [0.2, 0.25) is 5.02 Å². The van der Waals surface area contributed by atoms with Crippen molar-refractivity contribution in [1.82, 2.24) is 4.98 Å². The zero-order valence-corrected chi connectivity index (χ0v) is 15.3. The fourth-order valence-corrected chi connectivity index (χ4v) is 4.00. The van der Waals surface area contributed by atoms with Gasteiger partial charge >= 0.3 is 0 Å². The number of thioether (sulfide) groups is 1. The Morgan fingerprint density at radius 3 is 2.71 bits per heavy atom. The summed E-state index contributed by atoms with van der Waals surface area (Å²) in [4.78, 5) is 18.0. The van der Waals surface area contributed by atoms with Crippen LogP contribution in [0.25, 0.3) is 0 Å². The number of carbonyl (C=O) groups excluding carboxylic acids is 1. The molecule has 1 N–H and O–H groups in total. The van der Waals surface area contributed by atoms with E-state index in [1.807, 2.05) is 43.3 Å². The van der Waals surface area contributed by atoms with E-state index in [0.717, 1.165) is 21.3 Å². The van der Waals surface area contributed by atoms with Gasteiger partial charge in [-0.1, -0.05) is 35.9 Å². The van der Waals surface area contributed by atoms with Gasteiger partial charge in [-0.3, -0.25) is 4.79 Å². The smallest absolute Gasteiger partial charge is 0.256 e. The second kappa shape index (κ2) is 7.83. The van der Waals surface area contributed by atoms with Crippen LogP contribution in [0.3, 0.4) is 0 Å². The van der Waals surface area contributed by atoms with Crippen molar-refractivity contribution in [3.05, 3.63) is 75.2 Å². The normalized spacial score (nSPS) is 10.6. The number of carbonyl (C=O) groups is 1. The van der Waals surface area contributed by atoms with Crippen LogP contribution in [0.5, 0.6) is 0 Å². The van der Waals surface area contributed by atoms with Crippen LogP contribution in [0.4, 0.5) is 5.69 Å². The van der Waals surface area contributed by atoms with Crippen molar-refractivity contribution >= 4 is 46.3 Å². The summed E-state index contributed by atoms with van der Waals surface area (Å²) in [6.45, 7) is 1.99. The molecule has 2 aromatic carbocycles. The number of nitrogens with one attached hydrogen (secondary N) is 1. The SMILES string of the molecule is Cc1nc(CSc2ccccc2C(=O)Nc2ccccc2Cl)cs1. The Bertz CT molecular complexity index is 863. The summed E-state index contributed by atoms with van der Waals surface area (Å²) in [5, 5.41) is 6.50. The molecule has 24 heavy (non-hydrogen) atoms. The maximum absolute atomic E-state index is 12.6. The highest BCUT2D eigenvalue weighted by atomic mass is 35.5. The summed E-state index contributed by atoms with van der Waals surface area (Å²) in [7, 11) is 0. The predicted molar refractivity (Wildman–Crippen MR) is 102 cm³/mol. The van der Waals surface area contributed by atoms with Gasteiger partial charge in [0.1, 0.15) is 0 Å². The second-order valence-electron chi connectivity index (χ2n) is 5.08. The average Bonchev–Trinajstić information content (AvgIpc) is 3.01. The first-order valence-electron chi connectivity index (χ1n) is 7.32. The van der Waals surface area contributed by atoms with Crippen LogP contribution in [0.1, 0.15) is 21.1 Å². The molecule has 3 rings (SSSR count). The second-order valence-corrected chi connectivity index (χ2v) is 7.56. The third-order valence-corrected chi connectivity index (χ3v) is 5.55. The lowest BCUT2D eigenvalue weighted by Crippen LogP contribution is -2.13. The van der Waals surface area contributed by atoms with Gasteiger partial charge in [-0.15, -0.1) is 23.1 Å². The topological polar surface area (TPSA) is 42.0 Å². The van der Waals surface area contributed by atoms with Gasteiger partial charge in [0.2, 0.25) is 0 Å². The van der Waals surface area contributed by atoms with Crippen LogP contribution >= 0.6 is 34.7 Å². The van der Waals surface area contributed by atoms with Gasteiger partial charge in [0.05, 0.1) is 27.0 Å². The molecule has 0 aliphatic heterocycles. The Hall–Kier alpha value is -1.82. The zero-order chi connectivity index (χ0) is 16.9. The molecule has 0 saturated carbocycles. The highest BCUT2D eigenvalue weighted by Gasteiger charge is 2.13. The average molecular weight is 375 g/mol. The number of halogens is 1. The Morgan fingerprint density at radius 1 is 1.21 bits per heavy atom. The standard InChI is InChI=1S/C18H15ClN2OS2/c1-12-20-13(10-23-12)11-24-17-9-5-2-6-14(17)18(22)21-16-8-4-3-7-15(16)19/h2-10H,11H2,1H3,(H,21,22). The lowest BCUT2D eigenvalue weighted by atomic mass is 10.2. The fourth-order valence-electron chi connectivity index (χ4n) is 2.16. The number of amides is 1. The molecular weight excluding hydrogens is 360 g/mol. The van der Waals surface area contributed by atoms with Crippen LogP contribution in [0, 0.1) is 6.92 Å². The molecule has 6 heteroatoms. The van der Waals surface area contributed by atoms with Gasteiger partial charge in [0.15, 0.2) is 0 Å². The molecule has 3 aromatic rings. The number of nitrogens with zero attached hydrogens (tertiary/aromatic N) is 1. The van der Waals surface area contributed by atoms with E-state index >= 15 is 0 Å². The number of anilines is 1. The van der Waals surface area contributed by atoms with E-state index in [2.05, 4.69) is 15.7 Å². The Balaban J connectivity index is 1.75. The van der Waals surface area contributed by atoms with Crippen molar-refractivity contribution in [2.45, 2.75) is 17.6 Å². The molecule has 1 heterocycles. The minimum atomic E-state index is -0.166. The van der Waals surface area contributed by atoms with Gasteiger partial charge in [-0.25, -0.2) is 4.98 Å². The van der Waals surface area contributed by atoms with Gasteiger partial charge in [-0.05, 0) is 31.2 Å². The third-order valence-electron chi connectivity index (χ3n) is 3.30. The quantitative estimate of drug-likeness (QED) is 0.587. The number of aryl methyl sites for hydroxylation is 1. The first kappa shape index (κ1) is 17.0. The number of benzene rings is 2. The molecule has 0 radical (unpaired) electrons. The first-order chi connectivity index (χ1) is 11.6. The van der Waals surface area contributed by atoms with Gasteiger partial charge in [0.25, 0.3) is 5.91 Å². The van der Waals surface area contributed by atoms with Crippen LogP contribution < -0.4 is 5.32 Å². The zero-order valence-electron chi connectivity index (χ0n) is 13.0. The summed E-state index contributed by atoms with van der Waals surface area (Å²) in [5.41, 5.74) is 2.28. The Morgan fingerprint density at radius 2 is 1.96 bits per heavy atom. The van der Waals surface area contributed by atoms with Crippen molar-refractivity contribution < 1.29 is 4.79 Å². The molecule has 1 aromatic heterocycles. The molecule has 0 unspecified atom stereocenters. The van der Waals surface area contributed by atoms with Gasteiger partial charge < -0.3 is 5.32 Å². The number of hydrogen-bond acceptors (Lipinski definition) is 4. The number of rotatable bonds is 5. The summed E-state index contributed by atoms with van der Waals surface area (Å²) >= 11 is 9.35. The van der Waals surface area contributed by atoms with E-state index in [1.165, 1.54) is 0 Å². The molecule has 0 fully saturated rings. The molecule has 122 valence electrons. The molecule has 0 aliphatic rings. The lowest BCUT2D eigenvalue weighted by molar-refractivity contribution is 0.102. The number of para-hydroxylation sites is 1. The summed E-state index contributed by atoms with van der Waals surface area (Å²) < 4.78 is 0. The van der Waals surface area contributed by atoms with Crippen molar-refractivity contribution in [2.75, 3.05) is 5.32 Å². The summed E-state index contributed by atoms with van der Waals surface area (Å²) in [5.74, 6) is 0.571. The molecular formula is C18H15ClN2OS2. The predicted octanol–water partition coefficient (Wildman–Crippen LogP) is 5.65. The monoisotopic (exact) mass is 374 g/mol. The molecule has 0 atom stereocenters. The molecule has 3 nitrogen and oxygen atoms in total. The minimum Gasteiger partial charge on any atom is -0.321 e. The highest BCUT2D eigenvalue weighted by molar-refractivity contribution is 7.98. The van der Waals surface area contributed by atoms with E-state index in [-0.39, 0.29) is 5.91 Å². The van der Waals surface area contributed by atoms with Crippen LogP contribution in [-0.2, 0) is 5.75 Å². The number of hydrogen-bond donors (Lipinski definition) is 1. The van der Waals surface area contributed by atoms with E-state index < -0.39 is 0 Å². The number of thiazole rings is 1. The lowest BCUT2D eigenvalue weighted by Gasteiger charge is -2.10. The molecule has 0 aliphatic carbocycles. The molecule has 0 saturated heterocycles. The molecule has 0 spiro atoms. The van der Waals surface area contributed by atoms with Gasteiger partial charge in [0, 0.05) is 16.0 Å². The van der Waals surface area contributed by atoms with Gasteiger partial charge in [-0.2, -0.15) is 0 Å². The molecule has 0 bridgehead atoms. The maximum Gasteiger partial charge on any atom is 0.256 e. The minimum absolute atomic E-state index is 0.166. The Kier molecular flexibility index (Phi) is 5.56. The number of aromatic nitrogens is 1. The van der Waals surface area contributed by atoms with Crippen molar-refractivity contribution in [1.29, 1.82) is 0 Å². The molecule has 1 amide bonds. The summed E-state index contributed by atoms with van der Waals surface area (Å²) in [6.07, 6.45) is 0. The highest BCUT2D eigenvalue weighted by Crippen LogP contribution is 2.28. The third kappa shape index (κ3) is 4.17. The van der Waals surface area contributed by atoms with Crippen molar-refractivity contribution in [3.8, 4) is 0 Å². The van der Waals surface area contributed by atoms with E-state index in [4.69, 9.17) is 11.6 Å². The maximum atomic E-state index is 12.6.